The SMILES string of the molecule is Cc1ccc([B-]2(O)O[C@H]3C(O)[C@@H](CO)OC3(CO)O2)cc1. The Morgan fingerprint density at radius 2 is 1.90 bits per heavy atom. The molecule has 2 aliphatic heterocycles. The zero-order chi connectivity index (χ0) is 15.3. The summed E-state index contributed by atoms with van der Waals surface area (Å²) in [6.07, 6.45) is -3.21. The Morgan fingerprint density at radius 3 is 2.43 bits per heavy atom. The lowest BCUT2D eigenvalue weighted by molar-refractivity contribution is -0.205. The summed E-state index contributed by atoms with van der Waals surface area (Å²) in [6, 6.07) is 6.87. The van der Waals surface area contributed by atoms with Crippen molar-refractivity contribution in [1.29, 1.82) is 0 Å². The maximum Gasteiger partial charge on any atom is 0.409 e. The number of fused-ring (bicyclic) bond motifs is 1. The summed E-state index contributed by atoms with van der Waals surface area (Å²) >= 11 is 0. The van der Waals surface area contributed by atoms with Crippen molar-refractivity contribution in [3.05, 3.63) is 29.8 Å². The topological polar surface area (TPSA) is 109 Å². The molecule has 4 N–H and O–H groups in total. The summed E-state index contributed by atoms with van der Waals surface area (Å²) < 4.78 is 16.4. The third-order valence-corrected chi connectivity index (χ3v) is 4.06. The average Bonchev–Trinajstić information content (AvgIpc) is 2.91. The van der Waals surface area contributed by atoms with Crippen LogP contribution >= 0.6 is 0 Å². The molecule has 3 rings (SSSR count). The summed E-state index contributed by atoms with van der Waals surface area (Å²) in [4.78, 5) is 0. The van der Waals surface area contributed by atoms with Gasteiger partial charge < -0.3 is 34.4 Å². The smallest absolute Gasteiger partial charge is 0.409 e. The maximum absolute atomic E-state index is 10.6. The molecule has 0 bridgehead atoms. The van der Waals surface area contributed by atoms with E-state index >= 15 is 0 Å². The Kier molecular flexibility index (Phi) is 3.57. The quantitative estimate of drug-likeness (QED) is 0.477. The molecule has 7 nitrogen and oxygen atoms in total. The minimum absolute atomic E-state index is 0.388. The van der Waals surface area contributed by atoms with Gasteiger partial charge in [-0.1, -0.05) is 29.8 Å². The zero-order valence-electron chi connectivity index (χ0n) is 11.5. The predicted molar refractivity (Wildman–Crippen MR) is 72.5 cm³/mol. The van der Waals surface area contributed by atoms with Crippen LogP contribution in [0.4, 0.5) is 0 Å². The molecule has 1 aromatic rings. The Balaban J connectivity index is 1.92. The van der Waals surface area contributed by atoms with Gasteiger partial charge in [0.1, 0.15) is 12.2 Å². The molecule has 0 radical (unpaired) electrons. The predicted octanol–water partition coefficient (Wildman–Crippen LogP) is -2.01. The number of hydrogen-bond donors (Lipinski definition) is 4. The van der Waals surface area contributed by atoms with Gasteiger partial charge in [0, 0.05) is 0 Å². The molecule has 0 aromatic heterocycles. The molecular formula is C13H18BO7-. The van der Waals surface area contributed by atoms with Crippen LogP contribution in [0.2, 0.25) is 0 Å². The molecule has 0 saturated carbocycles. The van der Waals surface area contributed by atoms with Gasteiger partial charge in [0.25, 0.3) is 0 Å². The first kappa shape index (κ1) is 14.9. The summed E-state index contributed by atoms with van der Waals surface area (Å²) in [5, 5.41) is 39.4. The third kappa shape index (κ3) is 2.20. The first-order valence-corrected chi connectivity index (χ1v) is 6.83. The lowest BCUT2D eigenvalue weighted by atomic mass is 9.70. The first-order chi connectivity index (χ1) is 9.94. The van der Waals surface area contributed by atoms with Gasteiger partial charge in [0.05, 0.1) is 19.3 Å². The lowest BCUT2D eigenvalue weighted by Gasteiger charge is -2.34. The fourth-order valence-corrected chi connectivity index (χ4v) is 2.89. The first-order valence-electron chi connectivity index (χ1n) is 6.83. The van der Waals surface area contributed by atoms with E-state index in [2.05, 4.69) is 0 Å². The van der Waals surface area contributed by atoms with Gasteiger partial charge in [0.15, 0.2) is 5.79 Å². The number of aryl methyl sites for hydroxylation is 1. The molecule has 2 aliphatic rings. The molecule has 1 aromatic carbocycles. The van der Waals surface area contributed by atoms with Crippen molar-refractivity contribution < 1.29 is 34.4 Å². The molecule has 116 valence electrons. The minimum Gasteiger partial charge on any atom is -0.555 e. The zero-order valence-corrected chi connectivity index (χ0v) is 11.5. The number of benzene rings is 1. The summed E-state index contributed by atoms with van der Waals surface area (Å²) in [5.41, 5.74) is 1.39. The monoisotopic (exact) mass is 297 g/mol. The second-order valence-corrected chi connectivity index (χ2v) is 5.56. The van der Waals surface area contributed by atoms with E-state index in [1.807, 2.05) is 6.92 Å². The number of aliphatic hydroxyl groups excluding tert-OH is 3. The highest BCUT2D eigenvalue weighted by atomic mass is 16.8. The van der Waals surface area contributed by atoms with Crippen LogP contribution in [0.3, 0.4) is 0 Å². The second kappa shape index (κ2) is 5.03. The van der Waals surface area contributed by atoms with Crippen LogP contribution < -0.4 is 5.46 Å². The fourth-order valence-electron chi connectivity index (χ4n) is 2.89. The Hall–Kier alpha value is -0.995. The molecule has 0 aliphatic carbocycles. The van der Waals surface area contributed by atoms with Crippen molar-refractivity contribution >= 4 is 12.2 Å². The molecule has 0 spiro atoms. The van der Waals surface area contributed by atoms with E-state index in [1.165, 1.54) is 0 Å². The van der Waals surface area contributed by atoms with E-state index in [0.717, 1.165) is 5.56 Å². The van der Waals surface area contributed by atoms with E-state index in [1.54, 1.807) is 24.3 Å². The molecule has 8 heteroatoms. The molecule has 2 saturated heterocycles. The normalized spacial score (nSPS) is 42.2. The Morgan fingerprint density at radius 1 is 1.24 bits per heavy atom. The molecule has 3 unspecified atom stereocenters. The maximum atomic E-state index is 10.6. The minimum atomic E-state index is -2.87. The summed E-state index contributed by atoms with van der Waals surface area (Å²) in [5.74, 6) is -1.67. The Labute approximate surface area is 121 Å². The molecular weight excluding hydrogens is 279 g/mol. The van der Waals surface area contributed by atoms with Crippen LogP contribution in [-0.4, -0.2) is 64.4 Å². The van der Waals surface area contributed by atoms with Crippen molar-refractivity contribution in [3.8, 4) is 0 Å². The molecule has 2 heterocycles. The third-order valence-electron chi connectivity index (χ3n) is 4.06. The van der Waals surface area contributed by atoms with Crippen molar-refractivity contribution in [3.63, 3.8) is 0 Å². The van der Waals surface area contributed by atoms with Gasteiger partial charge in [-0.2, -0.15) is 0 Å². The van der Waals surface area contributed by atoms with Gasteiger partial charge >= 0.3 is 6.75 Å². The standard InChI is InChI=1S/C13H18BO7/c1-8-2-4-9(5-3-8)14(18)20-12-11(17)10(6-15)19-13(12,7-16)21-14/h2-5,10-12,15-18H,6-7H2,1H3/q-1/t10-,11?,12+,13?,14?/m1/s1. The molecule has 21 heavy (non-hydrogen) atoms. The van der Waals surface area contributed by atoms with Gasteiger partial charge in [-0.15, -0.1) is 5.46 Å². The van der Waals surface area contributed by atoms with Gasteiger partial charge in [0.2, 0.25) is 0 Å². The second-order valence-electron chi connectivity index (χ2n) is 5.56. The van der Waals surface area contributed by atoms with Crippen LogP contribution in [0.25, 0.3) is 0 Å². The van der Waals surface area contributed by atoms with E-state index in [9.17, 15) is 15.2 Å². The van der Waals surface area contributed by atoms with Gasteiger partial charge in [-0.3, -0.25) is 0 Å². The van der Waals surface area contributed by atoms with Crippen molar-refractivity contribution in [2.75, 3.05) is 13.2 Å². The van der Waals surface area contributed by atoms with Crippen LogP contribution in [0, 0.1) is 6.92 Å². The average molecular weight is 297 g/mol. The van der Waals surface area contributed by atoms with Crippen molar-refractivity contribution in [2.45, 2.75) is 31.0 Å². The molecule has 2 fully saturated rings. The van der Waals surface area contributed by atoms with Crippen molar-refractivity contribution in [2.24, 2.45) is 0 Å². The largest absolute Gasteiger partial charge is 0.555 e. The van der Waals surface area contributed by atoms with E-state index < -0.39 is 44.1 Å². The number of ether oxygens (including phenoxy) is 1. The fraction of sp³-hybridized carbons (Fsp3) is 0.538. The van der Waals surface area contributed by atoms with E-state index in [0.29, 0.717) is 5.46 Å². The van der Waals surface area contributed by atoms with Crippen LogP contribution in [-0.2, 0) is 14.0 Å². The van der Waals surface area contributed by atoms with E-state index in [4.69, 9.17) is 19.2 Å². The van der Waals surface area contributed by atoms with E-state index in [-0.39, 0.29) is 0 Å². The van der Waals surface area contributed by atoms with Crippen molar-refractivity contribution in [1.82, 2.24) is 0 Å². The lowest BCUT2D eigenvalue weighted by Crippen LogP contribution is -2.54. The highest BCUT2D eigenvalue weighted by Crippen LogP contribution is 2.42. The summed E-state index contributed by atoms with van der Waals surface area (Å²) in [7, 11) is 0. The highest BCUT2D eigenvalue weighted by Gasteiger charge is 2.62. The number of rotatable bonds is 3. The van der Waals surface area contributed by atoms with Gasteiger partial charge in [-0.05, 0) is 6.92 Å². The molecule has 5 atom stereocenters. The highest BCUT2D eigenvalue weighted by molar-refractivity contribution is 6.74. The van der Waals surface area contributed by atoms with Crippen LogP contribution in [0.5, 0.6) is 0 Å². The number of aliphatic hydroxyl groups is 3. The van der Waals surface area contributed by atoms with Crippen LogP contribution in [0.15, 0.2) is 24.3 Å². The Bertz CT molecular complexity index is 524. The summed E-state index contributed by atoms with van der Waals surface area (Å²) in [6.45, 7) is -2.02. The molecule has 0 amide bonds. The van der Waals surface area contributed by atoms with Crippen LogP contribution in [0.1, 0.15) is 5.56 Å². The van der Waals surface area contributed by atoms with Gasteiger partial charge in [-0.25, -0.2) is 0 Å². The number of hydrogen-bond acceptors (Lipinski definition) is 7.